The minimum Gasteiger partial charge on any atom is -0.351 e. The summed E-state index contributed by atoms with van der Waals surface area (Å²) in [6.07, 6.45) is 7.71. The lowest BCUT2D eigenvalue weighted by molar-refractivity contribution is 0.196. The van der Waals surface area contributed by atoms with E-state index < -0.39 is 0 Å². The number of nitrogens with two attached hydrogens (primary N) is 1. The summed E-state index contributed by atoms with van der Waals surface area (Å²) in [5.41, 5.74) is 7.52. The highest BCUT2D eigenvalue weighted by Crippen LogP contribution is 2.07. The van der Waals surface area contributed by atoms with Crippen LogP contribution in [0.5, 0.6) is 0 Å². The first kappa shape index (κ1) is 16.8. The summed E-state index contributed by atoms with van der Waals surface area (Å²) in [4.78, 5) is 12.2. The van der Waals surface area contributed by atoms with Gasteiger partial charge in [0.2, 0.25) is 0 Å². The largest absolute Gasteiger partial charge is 0.351 e. The van der Waals surface area contributed by atoms with Gasteiger partial charge in [-0.1, -0.05) is 72.8 Å². The van der Waals surface area contributed by atoms with Gasteiger partial charge < -0.3 is 10.6 Å². The summed E-state index contributed by atoms with van der Waals surface area (Å²) in [5.74, 6) is 0. The molecule has 0 atom stereocenters. The van der Waals surface area contributed by atoms with Gasteiger partial charge in [0.15, 0.2) is 0 Å². The van der Waals surface area contributed by atoms with Crippen molar-refractivity contribution < 1.29 is 4.79 Å². The Hall–Kier alpha value is -2.55. The van der Waals surface area contributed by atoms with Gasteiger partial charge in [0, 0.05) is 13.1 Å². The van der Waals surface area contributed by atoms with E-state index >= 15 is 0 Å². The van der Waals surface area contributed by atoms with Crippen LogP contribution in [0.1, 0.15) is 30.4 Å². The molecular weight excluding hydrogens is 284 g/mol. The molecule has 3 nitrogen and oxygen atoms in total. The zero-order chi connectivity index (χ0) is 16.3. The minimum atomic E-state index is -0.269. The Morgan fingerprint density at radius 2 is 1.22 bits per heavy atom. The summed E-state index contributed by atoms with van der Waals surface area (Å²) in [7, 11) is 0. The molecule has 1 aliphatic rings. The third kappa shape index (κ3) is 6.39. The molecule has 1 saturated heterocycles. The van der Waals surface area contributed by atoms with E-state index in [0.717, 1.165) is 25.9 Å². The summed E-state index contributed by atoms with van der Waals surface area (Å²) in [6, 6.07) is 20.4. The van der Waals surface area contributed by atoms with Crippen molar-refractivity contribution in [3.05, 3.63) is 71.8 Å². The second-order valence-corrected chi connectivity index (χ2v) is 5.54. The molecule has 0 aromatic heterocycles. The molecule has 23 heavy (non-hydrogen) atoms. The monoisotopic (exact) mass is 308 g/mol. The predicted molar refractivity (Wildman–Crippen MR) is 96.8 cm³/mol. The van der Waals surface area contributed by atoms with Crippen molar-refractivity contribution in [3.63, 3.8) is 0 Å². The SMILES string of the molecule is C(=Cc1ccccc1)c1ccccc1.NC(=O)N1CCCCC1. The maximum Gasteiger partial charge on any atom is 0.314 e. The van der Waals surface area contributed by atoms with Crippen LogP contribution in [0.2, 0.25) is 0 Å². The third-order valence-corrected chi connectivity index (χ3v) is 3.74. The molecule has 3 heteroatoms. The number of likely N-dealkylation sites (tertiary alicyclic amines) is 1. The molecule has 120 valence electrons. The van der Waals surface area contributed by atoms with Gasteiger partial charge in [-0.25, -0.2) is 4.79 Å². The number of primary amides is 1. The van der Waals surface area contributed by atoms with E-state index in [1.807, 2.05) is 36.4 Å². The molecule has 0 unspecified atom stereocenters. The Bertz CT molecular complexity index is 561. The van der Waals surface area contributed by atoms with Crippen LogP contribution in [-0.4, -0.2) is 24.0 Å². The van der Waals surface area contributed by atoms with Gasteiger partial charge in [-0.3, -0.25) is 0 Å². The van der Waals surface area contributed by atoms with E-state index in [9.17, 15) is 4.79 Å². The summed E-state index contributed by atoms with van der Waals surface area (Å²) < 4.78 is 0. The number of urea groups is 1. The second kappa shape index (κ2) is 9.46. The number of piperidine rings is 1. The van der Waals surface area contributed by atoms with Gasteiger partial charge in [-0.05, 0) is 30.4 Å². The Morgan fingerprint density at radius 1 is 0.783 bits per heavy atom. The molecule has 2 aromatic carbocycles. The van der Waals surface area contributed by atoms with E-state index in [1.54, 1.807) is 4.90 Å². The number of benzene rings is 2. The number of hydrogen-bond donors (Lipinski definition) is 1. The highest BCUT2D eigenvalue weighted by molar-refractivity contribution is 5.72. The van der Waals surface area contributed by atoms with Crippen LogP contribution in [0.4, 0.5) is 4.79 Å². The van der Waals surface area contributed by atoms with Gasteiger partial charge in [0.1, 0.15) is 0 Å². The highest BCUT2D eigenvalue weighted by Gasteiger charge is 2.11. The first-order chi connectivity index (χ1) is 11.3. The smallest absolute Gasteiger partial charge is 0.314 e. The average Bonchev–Trinajstić information content (AvgIpc) is 2.63. The van der Waals surface area contributed by atoms with E-state index in [2.05, 4.69) is 36.4 Å². The van der Waals surface area contributed by atoms with Crippen LogP contribution in [0.25, 0.3) is 12.2 Å². The van der Waals surface area contributed by atoms with Gasteiger partial charge >= 0.3 is 6.03 Å². The third-order valence-electron chi connectivity index (χ3n) is 3.74. The van der Waals surface area contributed by atoms with E-state index in [1.165, 1.54) is 17.5 Å². The number of carbonyl (C=O) groups excluding carboxylic acids is 1. The standard InChI is InChI=1S/C14H12.C6H12N2O/c1-3-7-13(8-4-1)11-12-14-9-5-2-6-10-14;7-6(9)8-4-2-1-3-5-8/h1-12H;1-5H2,(H2,7,9). The van der Waals surface area contributed by atoms with Crippen LogP contribution in [0, 0.1) is 0 Å². The van der Waals surface area contributed by atoms with E-state index in [-0.39, 0.29) is 6.03 Å². The minimum absolute atomic E-state index is 0.269. The number of nitrogens with zero attached hydrogens (tertiary/aromatic N) is 1. The molecular formula is C20H24N2O. The summed E-state index contributed by atoms with van der Waals surface area (Å²) in [6.45, 7) is 1.71. The first-order valence-electron chi connectivity index (χ1n) is 8.08. The predicted octanol–water partition coefficient (Wildman–Crippen LogP) is 4.41. The molecule has 2 amide bonds. The quantitative estimate of drug-likeness (QED) is 0.821. The molecule has 0 saturated carbocycles. The Labute approximate surface area is 138 Å². The summed E-state index contributed by atoms with van der Waals surface area (Å²) >= 11 is 0. The zero-order valence-electron chi connectivity index (χ0n) is 13.4. The molecule has 0 radical (unpaired) electrons. The first-order valence-corrected chi connectivity index (χ1v) is 8.08. The lowest BCUT2D eigenvalue weighted by Crippen LogP contribution is -2.39. The lowest BCUT2D eigenvalue weighted by atomic mass is 10.1. The molecule has 1 aliphatic heterocycles. The molecule has 1 heterocycles. The van der Waals surface area contributed by atoms with Crippen LogP contribution >= 0.6 is 0 Å². The summed E-state index contributed by atoms with van der Waals surface area (Å²) in [5, 5.41) is 0. The molecule has 0 aliphatic carbocycles. The molecule has 0 bridgehead atoms. The average molecular weight is 308 g/mol. The topological polar surface area (TPSA) is 46.3 Å². The highest BCUT2D eigenvalue weighted by atomic mass is 16.2. The van der Waals surface area contributed by atoms with E-state index in [4.69, 9.17) is 5.73 Å². The molecule has 3 rings (SSSR count). The number of amides is 2. The molecule has 2 aromatic rings. The Morgan fingerprint density at radius 3 is 1.57 bits per heavy atom. The van der Waals surface area contributed by atoms with Crippen molar-refractivity contribution >= 4 is 18.2 Å². The van der Waals surface area contributed by atoms with Crippen LogP contribution in [-0.2, 0) is 0 Å². The number of carbonyl (C=O) groups is 1. The zero-order valence-corrected chi connectivity index (χ0v) is 13.4. The number of rotatable bonds is 2. The Kier molecular flexibility index (Phi) is 6.92. The van der Waals surface area contributed by atoms with Crippen molar-refractivity contribution in [2.45, 2.75) is 19.3 Å². The maximum absolute atomic E-state index is 10.5. The fourth-order valence-corrected chi connectivity index (χ4v) is 2.44. The van der Waals surface area contributed by atoms with Crippen molar-refractivity contribution in [2.75, 3.05) is 13.1 Å². The van der Waals surface area contributed by atoms with E-state index in [0.29, 0.717) is 0 Å². The normalized spacial score (nSPS) is 14.2. The van der Waals surface area contributed by atoms with Gasteiger partial charge in [0.05, 0.1) is 0 Å². The van der Waals surface area contributed by atoms with Crippen molar-refractivity contribution in [2.24, 2.45) is 5.73 Å². The number of hydrogen-bond acceptors (Lipinski definition) is 1. The maximum atomic E-state index is 10.5. The van der Waals surface area contributed by atoms with Gasteiger partial charge in [-0.15, -0.1) is 0 Å². The molecule has 1 fully saturated rings. The molecule has 0 spiro atoms. The van der Waals surface area contributed by atoms with Crippen LogP contribution in [0.15, 0.2) is 60.7 Å². The van der Waals surface area contributed by atoms with Crippen molar-refractivity contribution in [1.29, 1.82) is 0 Å². The lowest BCUT2D eigenvalue weighted by Gasteiger charge is -2.24. The second-order valence-electron chi connectivity index (χ2n) is 5.54. The van der Waals surface area contributed by atoms with Gasteiger partial charge in [-0.2, -0.15) is 0 Å². The Balaban J connectivity index is 0.000000185. The van der Waals surface area contributed by atoms with Crippen molar-refractivity contribution in [3.8, 4) is 0 Å². The van der Waals surface area contributed by atoms with Gasteiger partial charge in [0.25, 0.3) is 0 Å². The van der Waals surface area contributed by atoms with Crippen LogP contribution in [0.3, 0.4) is 0 Å². The molecule has 2 N–H and O–H groups in total. The fraction of sp³-hybridized carbons (Fsp3) is 0.250. The fourth-order valence-electron chi connectivity index (χ4n) is 2.44. The van der Waals surface area contributed by atoms with Crippen molar-refractivity contribution in [1.82, 2.24) is 4.90 Å². The van der Waals surface area contributed by atoms with Crippen LogP contribution < -0.4 is 5.73 Å².